The molecule has 1 heterocycles. The maximum absolute atomic E-state index is 13.5. The molecule has 0 spiro atoms. The van der Waals surface area contributed by atoms with Crippen LogP contribution in [0.2, 0.25) is 0 Å². The molecule has 138 valence electrons. The number of halogens is 2. The minimum absolute atomic E-state index is 0.137. The van der Waals surface area contributed by atoms with Gasteiger partial charge in [-0.1, -0.05) is 12.1 Å². The largest absolute Gasteiger partial charge is 0.291 e. The molecule has 0 amide bonds. The van der Waals surface area contributed by atoms with Crippen molar-refractivity contribution in [3.8, 4) is 5.69 Å². The molecule has 0 saturated heterocycles. The summed E-state index contributed by atoms with van der Waals surface area (Å²) in [5.41, 5.74) is 0.578. The van der Waals surface area contributed by atoms with Gasteiger partial charge >= 0.3 is 0 Å². The first-order chi connectivity index (χ1) is 12.8. The van der Waals surface area contributed by atoms with E-state index < -0.39 is 16.3 Å². The first-order valence-electron chi connectivity index (χ1n) is 8.02. The number of aromatic amines is 1. The maximum atomic E-state index is 13.5. The van der Waals surface area contributed by atoms with Crippen LogP contribution in [0.15, 0.2) is 64.3 Å². The van der Waals surface area contributed by atoms with Crippen molar-refractivity contribution in [3.05, 3.63) is 70.5 Å². The van der Waals surface area contributed by atoms with Gasteiger partial charge in [0.05, 0.1) is 16.1 Å². The van der Waals surface area contributed by atoms with Gasteiger partial charge in [-0.15, -0.1) is 0 Å². The van der Waals surface area contributed by atoms with Crippen molar-refractivity contribution in [3.63, 3.8) is 0 Å². The fourth-order valence-corrected chi connectivity index (χ4v) is 3.82. The summed E-state index contributed by atoms with van der Waals surface area (Å²) in [5.74, 6) is 0. The van der Waals surface area contributed by atoms with Crippen molar-refractivity contribution in [2.24, 2.45) is 0 Å². The number of H-pyrrole nitrogens is 1. The lowest BCUT2D eigenvalue weighted by molar-refractivity contribution is 0.147. The number of alkyl halides is 2. The maximum Gasteiger partial charge on any atom is 0.280 e. The predicted molar refractivity (Wildman–Crippen MR) is 99.5 cm³/mol. The van der Waals surface area contributed by atoms with E-state index in [1.165, 1.54) is 28.9 Å². The van der Waals surface area contributed by atoms with Crippen molar-refractivity contribution in [2.75, 3.05) is 6.26 Å². The molecule has 0 bridgehead atoms. The zero-order valence-corrected chi connectivity index (χ0v) is 14.9. The Bertz CT molecular complexity index is 1340. The zero-order chi connectivity index (χ0) is 19.3. The van der Waals surface area contributed by atoms with E-state index in [-0.39, 0.29) is 16.0 Å². The summed E-state index contributed by atoms with van der Waals surface area (Å²) >= 11 is 0. The summed E-state index contributed by atoms with van der Waals surface area (Å²) in [5, 5.41) is 4.32. The van der Waals surface area contributed by atoms with E-state index >= 15 is 0 Å². The highest BCUT2D eigenvalue weighted by molar-refractivity contribution is 7.90. The Hall–Kier alpha value is -3.00. The molecule has 0 saturated carbocycles. The predicted octanol–water partition coefficient (Wildman–Crippen LogP) is 3.81. The highest BCUT2D eigenvalue weighted by atomic mass is 32.2. The number of aromatic nitrogens is 2. The summed E-state index contributed by atoms with van der Waals surface area (Å²) in [6, 6.07) is 13.6. The third kappa shape index (κ3) is 2.91. The number of nitrogens with one attached hydrogen (secondary N) is 1. The second-order valence-electron chi connectivity index (χ2n) is 6.27. The topological polar surface area (TPSA) is 71.9 Å². The van der Waals surface area contributed by atoms with E-state index in [4.69, 9.17) is 0 Å². The van der Waals surface area contributed by atoms with E-state index in [0.717, 1.165) is 6.26 Å². The van der Waals surface area contributed by atoms with Crippen LogP contribution in [0, 0.1) is 0 Å². The fourth-order valence-electron chi connectivity index (χ4n) is 3.19. The molecule has 0 aliphatic heterocycles. The van der Waals surface area contributed by atoms with Gasteiger partial charge in [-0.05, 0) is 47.9 Å². The van der Waals surface area contributed by atoms with Crippen LogP contribution in [0.1, 0.15) is 12.1 Å². The number of nitrogens with zero attached hydrogens (tertiary/aromatic N) is 1. The van der Waals surface area contributed by atoms with E-state index in [1.54, 1.807) is 30.3 Å². The molecule has 3 aromatic carbocycles. The molecule has 0 radical (unpaired) electrons. The lowest BCUT2D eigenvalue weighted by Crippen LogP contribution is -2.01. The first kappa shape index (κ1) is 17.4. The molecule has 4 aromatic rings. The Morgan fingerprint density at radius 1 is 0.963 bits per heavy atom. The van der Waals surface area contributed by atoms with E-state index in [2.05, 4.69) is 5.10 Å². The molecule has 27 heavy (non-hydrogen) atoms. The fraction of sp³-hybridized carbons (Fsp3) is 0.105. The molecule has 0 aliphatic carbocycles. The number of hydrogen-bond donors (Lipinski definition) is 1. The lowest BCUT2D eigenvalue weighted by atomic mass is 10.1. The second-order valence-corrected chi connectivity index (χ2v) is 8.29. The molecule has 0 atom stereocenters. The van der Waals surface area contributed by atoms with Gasteiger partial charge in [0.25, 0.3) is 6.43 Å². The molecule has 8 heteroatoms. The van der Waals surface area contributed by atoms with E-state index in [1.807, 2.05) is 0 Å². The highest BCUT2D eigenvalue weighted by Gasteiger charge is 2.19. The van der Waals surface area contributed by atoms with Crippen molar-refractivity contribution in [2.45, 2.75) is 11.3 Å². The number of benzene rings is 3. The van der Waals surface area contributed by atoms with Crippen LogP contribution in [-0.4, -0.2) is 24.5 Å². The Balaban J connectivity index is 2.06. The standard InChI is InChI=1S/C19H14F2N2O3S/c1-27(25,26)14-6-3-12(4-7-14)23-18-15-9-5-13(24)10-11(15)2-8-16(18)17(22-23)19(20)21/h2-10,19,22H,1H3. The van der Waals surface area contributed by atoms with Crippen LogP contribution < -0.4 is 5.43 Å². The van der Waals surface area contributed by atoms with Crippen LogP contribution >= 0.6 is 0 Å². The van der Waals surface area contributed by atoms with Crippen molar-refractivity contribution >= 4 is 31.5 Å². The van der Waals surface area contributed by atoms with Crippen LogP contribution in [0.3, 0.4) is 0 Å². The Morgan fingerprint density at radius 3 is 2.26 bits per heavy atom. The third-order valence-corrected chi connectivity index (χ3v) is 5.58. The molecule has 1 N–H and O–H groups in total. The molecule has 4 rings (SSSR count). The molecule has 5 nitrogen and oxygen atoms in total. The van der Waals surface area contributed by atoms with E-state index in [0.29, 0.717) is 27.4 Å². The Labute approximate surface area is 152 Å². The summed E-state index contributed by atoms with van der Waals surface area (Å²) in [4.78, 5) is 11.8. The van der Waals surface area contributed by atoms with Gasteiger partial charge in [-0.25, -0.2) is 17.2 Å². The number of fused-ring (bicyclic) bond motifs is 3. The summed E-state index contributed by atoms with van der Waals surface area (Å²) in [7, 11) is -3.37. The average molecular weight is 388 g/mol. The summed E-state index contributed by atoms with van der Waals surface area (Å²) in [6.07, 6.45) is -1.62. The van der Waals surface area contributed by atoms with Gasteiger partial charge < -0.3 is 0 Å². The van der Waals surface area contributed by atoms with Crippen LogP contribution in [0.4, 0.5) is 8.78 Å². The smallest absolute Gasteiger partial charge is 0.280 e. The molecular weight excluding hydrogens is 374 g/mol. The SMILES string of the molecule is CS(=O)(=O)c1ccc(-n2[nH]c(C(F)F)c3ccc4cc(=O)ccc4c32)cc1. The molecule has 0 unspecified atom stereocenters. The number of hydrogen-bond acceptors (Lipinski definition) is 3. The lowest BCUT2D eigenvalue weighted by Gasteiger charge is -2.08. The van der Waals surface area contributed by atoms with Gasteiger partial charge in [0.15, 0.2) is 15.3 Å². The second kappa shape index (κ2) is 6.02. The van der Waals surface area contributed by atoms with Crippen molar-refractivity contribution in [1.82, 2.24) is 9.78 Å². The van der Waals surface area contributed by atoms with Gasteiger partial charge in [0.2, 0.25) is 0 Å². The van der Waals surface area contributed by atoms with Gasteiger partial charge in [0, 0.05) is 17.0 Å². The molecule has 0 fully saturated rings. The van der Waals surface area contributed by atoms with E-state index in [9.17, 15) is 22.0 Å². The van der Waals surface area contributed by atoms with Gasteiger partial charge in [-0.2, -0.15) is 0 Å². The quantitative estimate of drug-likeness (QED) is 0.580. The Kier molecular flexibility index (Phi) is 3.88. The Morgan fingerprint density at radius 2 is 1.63 bits per heavy atom. The molecule has 1 aromatic heterocycles. The highest BCUT2D eigenvalue weighted by Crippen LogP contribution is 2.33. The summed E-state index contributed by atoms with van der Waals surface area (Å²) < 4.78 is 51.9. The van der Waals surface area contributed by atoms with Gasteiger partial charge in [0.1, 0.15) is 5.69 Å². The van der Waals surface area contributed by atoms with Crippen LogP contribution in [0.5, 0.6) is 0 Å². The number of sulfone groups is 1. The van der Waals surface area contributed by atoms with Crippen LogP contribution in [0.25, 0.3) is 27.4 Å². The zero-order valence-electron chi connectivity index (χ0n) is 14.1. The molecule has 0 aliphatic rings. The van der Waals surface area contributed by atoms with Crippen molar-refractivity contribution in [1.29, 1.82) is 0 Å². The van der Waals surface area contributed by atoms with Crippen LogP contribution in [-0.2, 0) is 9.84 Å². The first-order valence-corrected chi connectivity index (χ1v) is 9.91. The molecular formula is C19H14F2N2O3S. The number of rotatable bonds is 3. The monoisotopic (exact) mass is 388 g/mol. The summed E-state index contributed by atoms with van der Waals surface area (Å²) in [6.45, 7) is 0. The minimum Gasteiger partial charge on any atom is -0.291 e. The third-order valence-electron chi connectivity index (χ3n) is 4.45. The normalized spacial score (nSPS) is 12.3. The van der Waals surface area contributed by atoms with Crippen molar-refractivity contribution < 1.29 is 17.2 Å². The average Bonchev–Trinajstić information content (AvgIpc) is 3.01. The minimum atomic E-state index is -3.37. The van der Waals surface area contributed by atoms with Gasteiger partial charge in [-0.3, -0.25) is 14.6 Å².